The van der Waals surface area contributed by atoms with Gasteiger partial charge in [-0.15, -0.1) is 24.0 Å². The second-order valence-corrected chi connectivity index (χ2v) is 5.48. The van der Waals surface area contributed by atoms with Crippen molar-refractivity contribution in [2.24, 2.45) is 16.8 Å². The molecule has 0 bridgehead atoms. The Bertz CT molecular complexity index is 282. The van der Waals surface area contributed by atoms with E-state index in [1.54, 1.807) is 0 Å². The highest BCUT2D eigenvalue weighted by atomic mass is 127. The van der Waals surface area contributed by atoms with E-state index in [-0.39, 0.29) is 24.0 Å². The van der Waals surface area contributed by atoms with Crippen molar-refractivity contribution >= 4 is 29.9 Å². The summed E-state index contributed by atoms with van der Waals surface area (Å²) in [5.41, 5.74) is 0. The summed E-state index contributed by atoms with van der Waals surface area (Å²) in [6, 6.07) is 0. The first-order valence-electron chi connectivity index (χ1n) is 6.98. The SMILES string of the molecule is CN=C(NCC1CCOC1)NCC1CCN(C)C1.I. The molecule has 0 amide bonds. The maximum Gasteiger partial charge on any atom is 0.190 e. The van der Waals surface area contributed by atoms with Gasteiger partial charge in [0.15, 0.2) is 5.96 Å². The molecule has 2 N–H and O–H groups in total. The zero-order chi connectivity index (χ0) is 12.8. The second-order valence-electron chi connectivity index (χ2n) is 5.48. The molecule has 2 heterocycles. The van der Waals surface area contributed by atoms with Crippen molar-refractivity contribution in [3.8, 4) is 0 Å². The van der Waals surface area contributed by atoms with E-state index in [9.17, 15) is 0 Å². The fourth-order valence-corrected chi connectivity index (χ4v) is 2.64. The molecular weight excluding hydrogens is 355 g/mol. The maximum absolute atomic E-state index is 5.37. The quantitative estimate of drug-likeness (QED) is 0.428. The number of ether oxygens (including phenoxy) is 1. The van der Waals surface area contributed by atoms with Crippen molar-refractivity contribution in [1.82, 2.24) is 15.5 Å². The summed E-state index contributed by atoms with van der Waals surface area (Å²) < 4.78 is 5.37. The number of hydrogen-bond donors (Lipinski definition) is 2. The number of aliphatic imine (C=N–C) groups is 1. The Morgan fingerprint density at radius 1 is 1.26 bits per heavy atom. The average molecular weight is 382 g/mol. The molecule has 2 fully saturated rings. The van der Waals surface area contributed by atoms with E-state index in [0.717, 1.165) is 44.6 Å². The van der Waals surface area contributed by atoms with Crippen LogP contribution in [0.25, 0.3) is 0 Å². The Labute approximate surface area is 133 Å². The number of halogens is 1. The highest BCUT2D eigenvalue weighted by Gasteiger charge is 2.20. The van der Waals surface area contributed by atoms with Gasteiger partial charge in [-0.25, -0.2) is 0 Å². The number of nitrogens with one attached hydrogen (secondary N) is 2. The first-order valence-corrected chi connectivity index (χ1v) is 6.98. The van der Waals surface area contributed by atoms with Crippen LogP contribution >= 0.6 is 24.0 Å². The van der Waals surface area contributed by atoms with E-state index in [1.165, 1.54) is 19.5 Å². The third-order valence-electron chi connectivity index (χ3n) is 3.85. The minimum absolute atomic E-state index is 0. The summed E-state index contributed by atoms with van der Waals surface area (Å²) in [6.45, 7) is 6.19. The van der Waals surface area contributed by atoms with Crippen LogP contribution in [0.1, 0.15) is 12.8 Å². The predicted octanol–water partition coefficient (Wildman–Crippen LogP) is 0.758. The third kappa shape index (κ3) is 5.83. The van der Waals surface area contributed by atoms with Gasteiger partial charge >= 0.3 is 0 Å². The molecule has 2 aliphatic rings. The van der Waals surface area contributed by atoms with Crippen LogP contribution in [0.4, 0.5) is 0 Å². The summed E-state index contributed by atoms with van der Waals surface area (Å²) in [6.07, 6.45) is 2.45. The normalized spacial score (nSPS) is 28.2. The van der Waals surface area contributed by atoms with E-state index >= 15 is 0 Å². The number of rotatable bonds is 4. The van der Waals surface area contributed by atoms with Crippen LogP contribution < -0.4 is 10.6 Å². The van der Waals surface area contributed by atoms with Crippen molar-refractivity contribution in [1.29, 1.82) is 0 Å². The summed E-state index contributed by atoms with van der Waals surface area (Å²) in [5, 5.41) is 6.82. The molecule has 2 saturated heterocycles. The van der Waals surface area contributed by atoms with Gasteiger partial charge in [0.05, 0.1) is 6.61 Å². The lowest BCUT2D eigenvalue weighted by atomic mass is 10.1. The molecule has 0 saturated carbocycles. The summed E-state index contributed by atoms with van der Waals surface area (Å²) in [5.74, 6) is 2.32. The number of likely N-dealkylation sites (tertiary alicyclic amines) is 1. The van der Waals surface area contributed by atoms with Gasteiger partial charge in [-0.2, -0.15) is 0 Å². The van der Waals surface area contributed by atoms with Crippen LogP contribution in [-0.4, -0.2) is 64.3 Å². The zero-order valence-corrected chi connectivity index (χ0v) is 14.4. The summed E-state index contributed by atoms with van der Waals surface area (Å²) in [7, 11) is 4.02. The van der Waals surface area contributed by atoms with Crippen molar-refractivity contribution < 1.29 is 4.74 Å². The molecule has 0 aromatic carbocycles. The second kappa shape index (κ2) is 8.97. The van der Waals surface area contributed by atoms with Gasteiger partial charge in [0.1, 0.15) is 0 Å². The Morgan fingerprint density at radius 2 is 2.00 bits per heavy atom. The van der Waals surface area contributed by atoms with Crippen LogP contribution in [0.5, 0.6) is 0 Å². The van der Waals surface area contributed by atoms with Crippen LogP contribution in [0, 0.1) is 11.8 Å². The summed E-state index contributed by atoms with van der Waals surface area (Å²) in [4.78, 5) is 6.66. The van der Waals surface area contributed by atoms with Crippen molar-refractivity contribution in [3.63, 3.8) is 0 Å². The molecule has 5 nitrogen and oxygen atoms in total. The molecule has 2 rings (SSSR count). The molecule has 2 atom stereocenters. The van der Waals surface area contributed by atoms with Gasteiger partial charge in [0.2, 0.25) is 0 Å². The van der Waals surface area contributed by atoms with Gasteiger partial charge in [-0.1, -0.05) is 0 Å². The molecule has 2 aliphatic heterocycles. The minimum Gasteiger partial charge on any atom is -0.381 e. The van der Waals surface area contributed by atoms with Crippen molar-refractivity contribution in [3.05, 3.63) is 0 Å². The van der Waals surface area contributed by atoms with Crippen LogP contribution in [0.3, 0.4) is 0 Å². The fraction of sp³-hybridized carbons (Fsp3) is 0.923. The maximum atomic E-state index is 5.37. The Kier molecular flexibility index (Phi) is 8.01. The highest BCUT2D eigenvalue weighted by Crippen LogP contribution is 2.13. The van der Waals surface area contributed by atoms with Crippen molar-refractivity contribution in [2.45, 2.75) is 12.8 Å². The van der Waals surface area contributed by atoms with Crippen LogP contribution in [0.15, 0.2) is 4.99 Å². The Balaban J connectivity index is 0.00000180. The lowest BCUT2D eigenvalue weighted by Gasteiger charge is -2.17. The highest BCUT2D eigenvalue weighted by molar-refractivity contribution is 14.0. The van der Waals surface area contributed by atoms with E-state index in [0.29, 0.717) is 5.92 Å². The number of hydrogen-bond acceptors (Lipinski definition) is 3. The number of nitrogens with zero attached hydrogens (tertiary/aromatic N) is 2. The molecular formula is C13H27IN4O. The first-order chi connectivity index (χ1) is 8.78. The first kappa shape index (κ1) is 17.0. The fourth-order valence-electron chi connectivity index (χ4n) is 2.64. The lowest BCUT2D eigenvalue weighted by molar-refractivity contribution is 0.186. The lowest BCUT2D eigenvalue weighted by Crippen LogP contribution is -2.42. The molecule has 0 aliphatic carbocycles. The Hall–Kier alpha value is -0.0800. The van der Waals surface area contributed by atoms with Crippen LogP contribution in [0.2, 0.25) is 0 Å². The third-order valence-corrected chi connectivity index (χ3v) is 3.85. The minimum atomic E-state index is 0. The average Bonchev–Trinajstić information content (AvgIpc) is 3.01. The van der Waals surface area contributed by atoms with Gasteiger partial charge in [-0.05, 0) is 32.4 Å². The number of guanidine groups is 1. The van der Waals surface area contributed by atoms with Crippen LogP contribution in [-0.2, 0) is 4.74 Å². The van der Waals surface area contributed by atoms with E-state index in [1.807, 2.05) is 7.05 Å². The molecule has 0 aromatic heterocycles. The molecule has 0 radical (unpaired) electrons. The zero-order valence-electron chi connectivity index (χ0n) is 12.0. The largest absolute Gasteiger partial charge is 0.381 e. The standard InChI is InChI=1S/C13H26N4O.HI/c1-14-13(16-8-12-4-6-18-10-12)15-7-11-3-5-17(2)9-11;/h11-12H,3-10H2,1-2H3,(H2,14,15,16);1H. The topological polar surface area (TPSA) is 48.9 Å². The molecule has 112 valence electrons. The van der Waals surface area contributed by atoms with E-state index in [4.69, 9.17) is 4.74 Å². The summed E-state index contributed by atoms with van der Waals surface area (Å²) >= 11 is 0. The van der Waals surface area contributed by atoms with Gasteiger partial charge in [0, 0.05) is 39.2 Å². The van der Waals surface area contributed by atoms with E-state index < -0.39 is 0 Å². The van der Waals surface area contributed by atoms with Gasteiger partial charge < -0.3 is 20.3 Å². The van der Waals surface area contributed by atoms with Gasteiger partial charge in [0.25, 0.3) is 0 Å². The molecule has 19 heavy (non-hydrogen) atoms. The van der Waals surface area contributed by atoms with E-state index in [2.05, 4.69) is 27.6 Å². The van der Waals surface area contributed by atoms with Gasteiger partial charge in [-0.3, -0.25) is 4.99 Å². The molecule has 0 aromatic rings. The van der Waals surface area contributed by atoms with Crippen molar-refractivity contribution in [2.75, 3.05) is 53.5 Å². The predicted molar refractivity (Wildman–Crippen MR) is 89.3 cm³/mol. The smallest absolute Gasteiger partial charge is 0.190 e. The molecule has 6 heteroatoms. The molecule has 2 unspecified atom stereocenters. The Morgan fingerprint density at radius 3 is 2.53 bits per heavy atom. The monoisotopic (exact) mass is 382 g/mol. The molecule has 0 spiro atoms.